The van der Waals surface area contributed by atoms with E-state index in [1.165, 1.54) is 0 Å². The van der Waals surface area contributed by atoms with E-state index in [2.05, 4.69) is 20.6 Å². The molecule has 1 aromatic rings. The summed E-state index contributed by atoms with van der Waals surface area (Å²) in [5.41, 5.74) is -1.28. The van der Waals surface area contributed by atoms with Gasteiger partial charge < -0.3 is 10.6 Å². The third-order valence-electron chi connectivity index (χ3n) is 2.70. The minimum atomic E-state index is -4.49. The topological polar surface area (TPSA) is 49.8 Å². The van der Waals surface area contributed by atoms with E-state index in [-0.39, 0.29) is 17.3 Å². The second-order valence-electron chi connectivity index (χ2n) is 4.85. The number of halogens is 3. The van der Waals surface area contributed by atoms with E-state index >= 15 is 0 Å². The molecule has 4 nitrogen and oxygen atoms in total. The van der Waals surface area contributed by atoms with Crippen LogP contribution < -0.4 is 10.6 Å². The molecule has 0 amide bonds. The van der Waals surface area contributed by atoms with Crippen molar-refractivity contribution in [1.82, 2.24) is 9.97 Å². The van der Waals surface area contributed by atoms with Crippen LogP contribution in [0.3, 0.4) is 0 Å². The maximum Gasteiger partial charge on any atom is 0.433 e. The smallest absolute Gasteiger partial charge is 0.365 e. The van der Waals surface area contributed by atoms with Crippen LogP contribution in [0, 0.1) is 0 Å². The van der Waals surface area contributed by atoms with Crippen LogP contribution in [-0.2, 0) is 6.18 Å². The number of alkyl halides is 3. The lowest BCUT2D eigenvalue weighted by Gasteiger charge is -2.25. The monoisotopic (exact) mass is 276 g/mol. The van der Waals surface area contributed by atoms with E-state index in [0.717, 1.165) is 12.5 Å². The van der Waals surface area contributed by atoms with E-state index < -0.39 is 11.9 Å². The van der Waals surface area contributed by atoms with Gasteiger partial charge in [-0.05, 0) is 27.2 Å². The molecule has 7 heteroatoms. The summed E-state index contributed by atoms with van der Waals surface area (Å²) in [6.07, 6.45) is -3.73. The average molecular weight is 276 g/mol. The Labute approximate surface area is 110 Å². The molecule has 1 heterocycles. The molecule has 0 spiro atoms. The molecule has 0 saturated carbocycles. The minimum Gasteiger partial charge on any atom is -0.365 e. The Morgan fingerprint density at radius 2 is 1.79 bits per heavy atom. The van der Waals surface area contributed by atoms with Gasteiger partial charge in [0.25, 0.3) is 0 Å². The van der Waals surface area contributed by atoms with Crippen molar-refractivity contribution in [2.75, 3.05) is 17.2 Å². The highest BCUT2D eigenvalue weighted by molar-refractivity contribution is 5.44. The standard InChI is InChI=1S/C12H19F3N4/c1-5-11(3,4)19-9-7-8(12(13,14)15)17-10(18-9)16-6-2/h7H,5-6H2,1-4H3,(H2,16,17,18,19). The van der Waals surface area contributed by atoms with Crippen LogP contribution >= 0.6 is 0 Å². The summed E-state index contributed by atoms with van der Waals surface area (Å²) < 4.78 is 38.3. The summed E-state index contributed by atoms with van der Waals surface area (Å²) in [5, 5.41) is 5.69. The normalized spacial score (nSPS) is 12.4. The summed E-state index contributed by atoms with van der Waals surface area (Å²) in [4.78, 5) is 7.50. The Morgan fingerprint density at radius 3 is 2.26 bits per heavy atom. The SMILES string of the molecule is CCNc1nc(NC(C)(C)CC)cc(C(F)(F)F)n1. The van der Waals surface area contributed by atoms with Crippen LogP contribution in [0.1, 0.15) is 39.8 Å². The van der Waals surface area contributed by atoms with Gasteiger partial charge in [0, 0.05) is 18.2 Å². The zero-order valence-corrected chi connectivity index (χ0v) is 11.5. The summed E-state index contributed by atoms with van der Waals surface area (Å²) in [5.74, 6) is 0.150. The van der Waals surface area contributed by atoms with Gasteiger partial charge in [-0.2, -0.15) is 18.2 Å². The summed E-state index contributed by atoms with van der Waals surface area (Å²) in [6, 6.07) is 0.929. The van der Waals surface area contributed by atoms with Crippen LogP contribution in [0.25, 0.3) is 0 Å². The molecule has 0 bridgehead atoms. The number of hydrogen-bond acceptors (Lipinski definition) is 4. The summed E-state index contributed by atoms with van der Waals surface area (Å²) in [6.45, 7) is 7.97. The van der Waals surface area contributed by atoms with E-state index in [1.54, 1.807) is 6.92 Å². The van der Waals surface area contributed by atoms with Crippen LogP contribution in [0.15, 0.2) is 6.07 Å². The largest absolute Gasteiger partial charge is 0.433 e. The van der Waals surface area contributed by atoms with Crippen LogP contribution in [0.5, 0.6) is 0 Å². The Morgan fingerprint density at radius 1 is 1.16 bits per heavy atom. The molecule has 0 atom stereocenters. The third kappa shape index (κ3) is 4.57. The van der Waals surface area contributed by atoms with Crippen LogP contribution in [0.2, 0.25) is 0 Å². The van der Waals surface area contributed by atoms with Crippen LogP contribution in [-0.4, -0.2) is 22.1 Å². The minimum absolute atomic E-state index is 0.0215. The highest BCUT2D eigenvalue weighted by Gasteiger charge is 2.34. The van der Waals surface area contributed by atoms with Crippen molar-refractivity contribution in [1.29, 1.82) is 0 Å². The molecule has 1 rings (SSSR count). The predicted octanol–water partition coefficient (Wildman–Crippen LogP) is 3.53. The Kier molecular flexibility index (Phi) is 4.60. The second kappa shape index (κ2) is 5.63. The first kappa shape index (κ1) is 15.5. The maximum atomic E-state index is 12.8. The molecule has 0 aliphatic carbocycles. The van der Waals surface area contributed by atoms with Gasteiger partial charge in [0.05, 0.1) is 0 Å². The first-order chi connectivity index (χ1) is 8.68. The van der Waals surface area contributed by atoms with Gasteiger partial charge in [-0.25, -0.2) is 4.98 Å². The van der Waals surface area contributed by atoms with E-state index in [9.17, 15) is 13.2 Å². The maximum absolute atomic E-state index is 12.8. The molecular weight excluding hydrogens is 257 g/mol. The molecule has 0 fully saturated rings. The van der Waals surface area contributed by atoms with Crippen molar-refractivity contribution in [3.63, 3.8) is 0 Å². The fourth-order valence-corrected chi connectivity index (χ4v) is 1.33. The zero-order chi connectivity index (χ0) is 14.7. The van der Waals surface area contributed by atoms with E-state index in [1.807, 2.05) is 20.8 Å². The molecular formula is C12H19F3N4. The van der Waals surface area contributed by atoms with Crippen molar-refractivity contribution in [2.24, 2.45) is 0 Å². The van der Waals surface area contributed by atoms with E-state index in [0.29, 0.717) is 6.54 Å². The number of anilines is 2. The highest BCUT2D eigenvalue weighted by Crippen LogP contribution is 2.30. The fraction of sp³-hybridized carbons (Fsp3) is 0.667. The van der Waals surface area contributed by atoms with Crippen molar-refractivity contribution in [3.05, 3.63) is 11.8 Å². The lowest BCUT2D eigenvalue weighted by molar-refractivity contribution is -0.141. The molecule has 0 radical (unpaired) electrons. The molecule has 0 unspecified atom stereocenters. The van der Waals surface area contributed by atoms with Gasteiger partial charge in [0.15, 0.2) is 5.69 Å². The molecule has 1 aromatic heterocycles. The predicted molar refractivity (Wildman–Crippen MR) is 69.2 cm³/mol. The van der Waals surface area contributed by atoms with E-state index in [4.69, 9.17) is 0 Å². The average Bonchev–Trinajstić information content (AvgIpc) is 2.27. The van der Waals surface area contributed by atoms with Crippen molar-refractivity contribution in [2.45, 2.75) is 45.8 Å². The first-order valence-electron chi connectivity index (χ1n) is 6.16. The lowest BCUT2D eigenvalue weighted by Crippen LogP contribution is -2.30. The van der Waals surface area contributed by atoms with Crippen molar-refractivity contribution in [3.8, 4) is 0 Å². The third-order valence-corrected chi connectivity index (χ3v) is 2.70. The second-order valence-corrected chi connectivity index (χ2v) is 4.85. The molecule has 2 N–H and O–H groups in total. The Balaban J connectivity index is 3.13. The number of rotatable bonds is 5. The molecule has 0 aromatic carbocycles. The van der Waals surface area contributed by atoms with Crippen molar-refractivity contribution < 1.29 is 13.2 Å². The number of nitrogens with zero attached hydrogens (tertiary/aromatic N) is 2. The van der Waals surface area contributed by atoms with Gasteiger partial charge in [0.2, 0.25) is 5.95 Å². The quantitative estimate of drug-likeness (QED) is 0.863. The van der Waals surface area contributed by atoms with Gasteiger partial charge in [-0.3, -0.25) is 0 Å². The lowest BCUT2D eigenvalue weighted by atomic mass is 10.0. The van der Waals surface area contributed by atoms with Crippen LogP contribution in [0.4, 0.5) is 24.9 Å². The van der Waals surface area contributed by atoms with Gasteiger partial charge in [-0.15, -0.1) is 0 Å². The molecule has 0 saturated heterocycles. The van der Waals surface area contributed by atoms with Gasteiger partial charge in [-0.1, -0.05) is 6.92 Å². The van der Waals surface area contributed by atoms with Gasteiger partial charge >= 0.3 is 6.18 Å². The molecule has 19 heavy (non-hydrogen) atoms. The number of hydrogen-bond donors (Lipinski definition) is 2. The number of nitrogens with one attached hydrogen (secondary N) is 2. The Hall–Kier alpha value is -1.53. The highest BCUT2D eigenvalue weighted by atomic mass is 19.4. The van der Waals surface area contributed by atoms with Crippen molar-refractivity contribution >= 4 is 11.8 Å². The molecule has 0 aliphatic rings. The fourth-order valence-electron chi connectivity index (χ4n) is 1.33. The molecule has 108 valence electrons. The van der Waals surface area contributed by atoms with Gasteiger partial charge in [0.1, 0.15) is 5.82 Å². The number of aromatic nitrogens is 2. The molecule has 0 aliphatic heterocycles. The summed E-state index contributed by atoms with van der Waals surface area (Å²) >= 11 is 0. The first-order valence-corrected chi connectivity index (χ1v) is 6.16. The summed E-state index contributed by atoms with van der Waals surface area (Å²) in [7, 11) is 0. The zero-order valence-electron chi connectivity index (χ0n) is 11.5. The Bertz CT molecular complexity index is 429.